The van der Waals surface area contributed by atoms with Gasteiger partial charge in [0.2, 0.25) is 0 Å². The highest BCUT2D eigenvalue weighted by Gasteiger charge is 2.79. The van der Waals surface area contributed by atoms with Crippen LogP contribution in [0.5, 0.6) is 0 Å². The fourth-order valence-corrected chi connectivity index (χ4v) is 2.49. The summed E-state index contributed by atoms with van der Waals surface area (Å²) in [5.41, 5.74) is -2.50. The van der Waals surface area contributed by atoms with Gasteiger partial charge in [-0.1, -0.05) is 6.08 Å². The fraction of sp³-hybridized carbons (Fsp3) is 0.571. The SMILES string of the molecule is C/C=C/C1OC2(OC)OC(OC)=C(C(=O)OC)C2(C(=O)OC)O1. The maximum atomic E-state index is 12.5. The molecule has 0 saturated carbocycles. The summed E-state index contributed by atoms with van der Waals surface area (Å²) >= 11 is 0. The maximum Gasteiger partial charge on any atom is 0.379 e. The van der Waals surface area contributed by atoms with Gasteiger partial charge in [0, 0.05) is 7.11 Å². The number of fused-ring (bicyclic) bond motifs is 1. The van der Waals surface area contributed by atoms with Crippen LogP contribution in [0.25, 0.3) is 0 Å². The highest BCUT2D eigenvalue weighted by Crippen LogP contribution is 2.53. The van der Waals surface area contributed by atoms with E-state index in [-0.39, 0.29) is 11.5 Å². The van der Waals surface area contributed by atoms with Gasteiger partial charge in [-0.3, -0.25) is 4.74 Å². The minimum atomic E-state index is -2.15. The zero-order valence-corrected chi connectivity index (χ0v) is 13.4. The third-order valence-corrected chi connectivity index (χ3v) is 3.44. The van der Waals surface area contributed by atoms with E-state index in [0.29, 0.717) is 0 Å². The van der Waals surface area contributed by atoms with Gasteiger partial charge in [0.05, 0.1) is 21.3 Å². The van der Waals surface area contributed by atoms with Crippen molar-refractivity contribution in [2.24, 2.45) is 0 Å². The Balaban J connectivity index is 2.68. The van der Waals surface area contributed by atoms with Crippen molar-refractivity contribution in [3.05, 3.63) is 23.7 Å². The van der Waals surface area contributed by atoms with Crippen molar-refractivity contribution in [1.29, 1.82) is 0 Å². The Kier molecular flexibility index (Phi) is 4.64. The molecule has 0 radical (unpaired) electrons. The van der Waals surface area contributed by atoms with E-state index < -0.39 is 29.8 Å². The first-order valence-corrected chi connectivity index (χ1v) is 6.64. The second-order valence-electron chi connectivity index (χ2n) is 4.52. The van der Waals surface area contributed by atoms with Crippen LogP contribution in [-0.2, 0) is 42.7 Å². The Morgan fingerprint density at radius 3 is 2.30 bits per heavy atom. The van der Waals surface area contributed by atoms with E-state index in [1.54, 1.807) is 13.0 Å². The van der Waals surface area contributed by atoms with E-state index in [0.717, 1.165) is 14.2 Å². The number of ether oxygens (including phenoxy) is 7. The van der Waals surface area contributed by atoms with E-state index in [9.17, 15) is 9.59 Å². The number of methoxy groups -OCH3 is 4. The largest absolute Gasteiger partial charge is 0.468 e. The van der Waals surface area contributed by atoms with Gasteiger partial charge in [-0.05, 0) is 13.0 Å². The molecule has 9 heteroatoms. The lowest BCUT2D eigenvalue weighted by Crippen LogP contribution is -2.59. The zero-order chi connectivity index (χ0) is 17.3. The molecule has 128 valence electrons. The summed E-state index contributed by atoms with van der Waals surface area (Å²) in [6, 6.07) is 0. The number of carbonyl (C=O) groups is 2. The second kappa shape index (κ2) is 6.19. The van der Waals surface area contributed by atoms with Gasteiger partial charge in [-0.2, -0.15) is 0 Å². The lowest BCUT2D eigenvalue weighted by atomic mass is 9.92. The van der Waals surface area contributed by atoms with Gasteiger partial charge in [-0.25, -0.2) is 9.59 Å². The van der Waals surface area contributed by atoms with Gasteiger partial charge in [-0.15, -0.1) is 0 Å². The highest BCUT2D eigenvalue weighted by molar-refractivity contribution is 6.02. The van der Waals surface area contributed by atoms with Crippen molar-refractivity contribution >= 4 is 11.9 Å². The molecule has 2 heterocycles. The number of esters is 2. The van der Waals surface area contributed by atoms with Gasteiger partial charge in [0.25, 0.3) is 5.95 Å². The van der Waals surface area contributed by atoms with Crippen molar-refractivity contribution in [2.75, 3.05) is 28.4 Å². The van der Waals surface area contributed by atoms with Crippen LogP contribution in [0, 0.1) is 0 Å². The highest BCUT2D eigenvalue weighted by atomic mass is 17.0. The van der Waals surface area contributed by atoms with Crippen LogP contribution in [0.1, 0.15) is 6.92 Å². The van der Waals surface area contributed by atoms with Crippen LogP contribution in [0.3, 0.4) is 0 Å². The normalized spacial score (nSPS) is 32.7. The number of hydrogen-bond acceptors (Lipinski definition) is 9. The molecule has 2 aliphatic heterocycles. The summed E-state index contributed by atoms with van der Waals surface area (Å²) in [6.07, 6.45) is 2.13. The van der Waals surface area contributed by atoms with Gasteiger partial charge < -0.3 is 28.4 Å². The van der Waals surface area contributed by atoms with Crippen molar-refractivity contribution in [2.45, 2.75) is 24.8 Å². The molecule has 0 aromatic rings. The third-order valence-electron chi connectivity index (χ3n) is 3.44. The molecule has 0 spiro atoms. The maximum absolute atomic E-state index is 12.5. The van der Waals surface area contributed by atoms with E-state index in [2.05, 4.69) is 0 Å². The van der Waals surface area contributed by atoms with E-state index >= 15 is 0 Å². The third kappa shape index (κ3) is 2.19. The lowest BCUT2D eigenvalue weighted by molar-refractivity contribution is -0.356. The molecular weight excluding hydrogens is 312 g/mol. The molecule has 1 saturated heterocycles. The van der Waals surface area contributed by atoms with Crippen molar-refractivity contribution in [3.63, 3.8) is 0 Å². The van der Waals surface area contributed by atoms with Gasteiger partial charge >= 0.3 is 23.5 Å². The van der Waals surface area contributed by atoms with Crippen LogP contribution in [0.4, 0.5) is 0 Å². The predicted molar refractivity (Wildman–Crippen MR) is 72.4 cm³/mol. The summed E-state index contributed by atoms with van der Waals surface area (Å²) in [4.78, 5) is 24.7. The minimum Gasteiger partial charge on any atom is -0.468 e. The Bertz CT molecular complexity index is 567. The van der Waals surface area contributed by atoms with Crippen molar-refractivity contribution in [3.8, 4) is 0 Å². The molecule has 1 fully saturated rings. The molecule has 3 unspecified atom stereocenters. The molecule has 0 aromatic carbocycles. The van der Waals surface area contributed by atoms with Gasteiger partial charge in [0.1, 0.15) is 0 Å². The second-order valence-corrected chi connectivity index (χ2v) is 4.52. The summed E-state index contributed by atoms with van der Waals surface area (Å²) < 4.78 is 36.4. The molecule has 0 bridgehead atoms. The molecule has 2 aliphatic rings. The smallest absolute Gasteiger partial charge is 0.379 e. The summed E-state index contributed by atoms with van der Waals surface area (Å²) in [6.45, 7) is 1.73. The van der Waals surface area contributed by atoms with Crippen LogP contribution in [0.15, 0.2) is 23.7 Å². The first-order chi connectivity index (χ1) is 11.0. The Morgan fingerprint density at radius 1 is 1.13 bits per heavy atom. The average Bonchev–Trinajstić information content (AvgIpc) is 3.01. The molecule has 23 heavy (non-hydrogen) atoms. The molecule has 2 rings (SSSR count). The van der Waals surface area contributed by atoms with Crippen LogP contribution < -0.4 is 0 Å². The van der Waals surface area contributed by atoms with Gasteiger partial charge in [0.15, 0.2) is 11.9 Å². The van der Waals surface area contributed by atoms with E-state index in [1.807, 2.05) is 0 Å². The number of allylic oxidation sites excluding steroid dienone is 1. The summed E-state index contributed by atoms with van der Waals surface area (Å²) in [5.74, 6) is -4.27. The van der Waals surface area contributed by atoms with E-state index in [4.69, 9.17) is 33.2 Å². The minimum absolute atomic E-state index is 0.317. The molecule has 0 aliphatic carbocycles. The number of hydrogen-bond donors (Lipinski definition) is 0. The van der Waals surface area contributed by atoms with Crippen LogP contribution >= 0.6 is 0 Å². The number of carbonyl (C=O) groups excluding carboxylic acids is 2. The molecule has 0 aromatic heterocycles. The van der Waals surface area contributed by atoms with Crippen molar-refractivity contribution < 1.29 is 42.7 Å². The van der Waals surface area contributed by atoms with Crippen molar-refractivity contribution in [1.82, 2.24) is 0 Å². The molecular formula is C14H18O9. The summed E-state index contributed by atoms with van der Waals surface area (Å²) in [7, 11) is 4.74. The van der Waals surface area contributed by atoms with Crippen LogP contribution in [-0.4, -0.2) is 58.2 Å². The monoisotopic (exact) mass is 330 g/mol. The number of rotatable bonds is 5. The lowest BCUT2D eigenvalue weighted by Gasteiger charge is -2.31. The molecule has 0 N–H and O–H groups in total. The first-order valence-electron chi connectivity index (χ1n) is 6.64. The molecule has 0 amide bonds. The average molecular weight is 330 g/mol. The topological polar surface area (TPSA) is 98.8 Å². The van der Waals surface area contributed by atoms with E-state index in [1.165, 1.54) is 20.3 Å². The quantitative estimate of drug-likeness (QED) is 0.517. The Labute approximate surface area is 132 Å². The fourth-order valence-electron chi connectivity index (χ4n) is 2.49. The summed E-state index contributed by atoms with van der Waals surface area (Å²) in [5, 5.41) is 0. The standard InChI is InChI=1S/C14H18O9/c1-6-7-8-21-13(12(16)19-4)9(10(15)17-2)11(18-3)23-14(13,20-5)22-8/h6-8H,1-5H3/b7-6+. The Hall–Kier alpha value is -2.10. The Morgan fingerprint density at radius 2 is 1.83 bits per heavy atom. The van der Waals surface area contributed by atoms with Crippen LogP contribution in [0.2, 0.25) is 0 Å². The first kappa shape index (κ1) is 17.3. The molecule has 3 atom stereocenters. The zero-order valence-electron chi connectivity index (χ0n) is 13.4. The predicted octanol–water partition coefficient (Wildman–Crippen LogP) is 0.209. The molecule has 9 nitrogen and oxygen atoms in total.